The normalized spacial score (nSPS) is 19.6. The van der Waals surface area contributed by atoms with Crippen LogP contribution in [0.25, 0.3) is 0 Å². The molecule has 0 radical (unpaired) electrons. The van der Waals surface area contributed by atoms with Crippen LogP contribution in [-0.2, 0) is 20.8 Å². The number of halogens is 1. The SMILES string of the molecule is Cc1cc(S(=O)(=O)N2CCS(=O)CC2)sc1Br. The lowest BCUT2D eigenvalue weighted by Gasteiger charge is -2.24. The number of aryl methyl sites for hydroxylation is 1. The Kier molecular flexibility index (Phi) is 4.09. The molecular weight excluding hydrogens is 346 g/mol. The Morgan fingerprint density at radius 3 is 2.47 bits per heavy atom. The van der Waals surface area contributed by atoms with Gasteiger partial charge < -0.3 is 0 Å². The van der Waals surface area contributed by atoms with Gasteiger partial charge in [0, 0.05) is 35.4 Å². The van der Waals surface area contributed by atoms with E-state index in [9.17, 15) is 12.6 Å². The Morgan fingerprint density at radius 2 is 2.00 bits per heavy atom. The molecule has 0 atom stereocenters. The summed E-state index contributed by atoms with van der Waals surface area (Å²) in [4.78, 5) is 0. The van der Waals surface area contributed by atoms with Crippen molar-refractivity contribution in [2.45, 2.75) is 11.1 Å². The molecule has 0 saturated carbocycles. The van der Waals surface area contributed by atoms with Gasteiger partial charge in [-0.2, -0.15) is 4.31 Å². The van der Waals surface area contributed by atoms with Crippen LogP contribution in [0.2, 0.25) is 0 Å². The van der Waals surface area contributed by atoms with Crippen LogP contribution in [0.5, 0.6) is 0 Å². The Balaban J connectivity index is 2.27. The Hall–Kier alpha value is 0.240. The number of thiophene rings is 1. The highest BCUT2D eigenvalue weighted by Crippen LogP contribution is 2.32. The topological polar surface area (TPSA) is 54.5 Å². The van der Waals surface area contributed by atoms with Gasteiger partial charge in [-0.25, -0.2) is 8.42 Å². The van der Waals surface area contributed by atoms with E-state index >= 15 is 0 Å². The fourth-order valence-electron chi connectivity index (χ4n) is 1.55. The summed E-state index contributed by atoms with van der Waals surface area (Å²) in [6.07, 6.45) is 0. The highest BCUT2D eigenvalue weighted by Gasteiger charge is 2.29. The third kappa shape index (κ3) is 2.81. The van der Waals surface area contributed by atoms with Crippen molar-refractivity contribution in [3.8, 4) is 0 Å². The van der Waals surface area contributed by atoms with Crippen LogP contribution >= 0.6 is 27.3 Å². The van der Waals surface area contributed by atoms with Crippen LogP contribution in [0.15, 0.2) is 14.1 Å². The van der Waals surface area contributed by atoms with E-state index in [4.69, 9.17) is 0 Å². The van der Waals surface area contributed by atoms with E-state index in [2.05, 4.69) is 15.9 Å². The van der Waals surface area contributed by atoms with Crippen LogP contribution in [0.3, 0.4) is 0 Å². The van der Waals surface area contributed by atoms with Gasteiger partial charge in [0.25, 0.3) is 10.0 Å². The summed E-state index contributed by atoms with van der Waals surface area (Å²) in [6.45, 7) is 2.57. The molecule has 0 aliphatic carbocycles. The van der Waals surface area contributed by atoms with E-state index in [-0.39, 0.29) is 0 Å². The lowest BCUT2D eigenvalue weighted by Crippen LogP contribution is -2.41. The third-order valence-corrected chi connectivity index (χ3v) is 8.33. The summed E-state index contributed by atoms with van der Waals surface area (Å²) in [7, 11) is -4.26. The van der Waals surface area contributed by atoms with Gasteiger partial charge in [-0.05, 0) is 34.5 Å². The molecular formula is C9H12BrNO3S3. The smallest absolute Gasteiger partial charge is 0.252 e. The van der Waals surface area contributed by atoms with Gasteiger partial charge in [-0.3, -0.25) is 4.21 Å². The predicted molar refractivity (Wildman–Crippen MR) is 73.4 cm³/mol. The zero-order chi connectivity index (χ0) is 12.6. The van der Waals surface area contributed by atoms with Gasteiger partial charge in [-0.15, -0.1) is 11.3 Å². The molecule has 2 heterocycles. The molecule has 0 spiro atoms. The number of hydrogen-bond acceptors (Lipinski definition) is 4. The Bertz CT molecular complexity index is 522. The lowest BCUT2D eigenvalue weighted by atomic mass is 10.4. The zero-order valence-corrected chi connectivity index (χ0v) is 13.2. The molecule has 1 fully saturated rings. The molecule has 0 unspecified atom stereocenters. The fourth-order valence-corrected chi connectivity index (χ4v) is 6.65. The zero-order valence-electron chi connectivity index (χ0n) is 9.18. The van der Waals surface area contributed by atoms with Gasteiger partial charge in [0.05, 0.1) is 3.79 Å². The molecule has 0 aromatic carbocycles. The molecule has 0 N–H and O–H groups in total. The first-order valence-electron chi connectivity index (χ1n) is 5.02. The van der Waals surface area contributed by atoms with E-state index in [1.807, 2.05) is 6.92 Å². The second-order valence-electron chi connectivity index (χ2n) is 3.77. The van der Waals surface area contributed by atoms with Crippen molar-refractivity contribution >= 4 is 48.1 Å². The average Bonchev–Trinajstić information content (AvgIpc) is 2.60. The fraction of sp³-hybridized carbons (Fsp3) is 0.556. The maximum atomic E-state index is 12.3. The van der Waals surface area contributed by atoms with Gasteiger partial charge in [0.2, 0.25) is 0 Å². The van der Waals surface area contributed by atoms with Crippen molar-refractivity contribution in [1.82, 2.24) is 4.31 Å². The summed E-state index contributed by atoms with van der Waals surface area (Å²) in [5, 5.41) is 0. The van der Waals surface area contributed by atoms with Crippen LogP contribution in [0.4, 0.5) is 0 Å². The molecule has 0 bridgehead atoms. The average molecular weight is 358 g/mol. The molecule has 4 nitrogen and oxygen atoms in total. The summed E-state index contributed by atoms with van der Waals surface area (Å²) >= 11 is 4.56. The highest BCUT2D eigenvalue weighted by atomic mass is 79.9. The minimum Gasteiger partial charge on any atom is -0.259 e. The molecule has 0 amide bonds. The van der Waals surface area contributed by atoms with Crippen molar-refractivity contribution in [2.24, 2.45) is 0 Å². The van der Waals surface area contributed by atoms with E-state index < -0.39 is 20.8 Å². The van der Waals surface area contributed by atoms with E-state index in [0.29, 0.717) is 28.8 Å². The van der Waals surface area contributed by atoms with Crippen LogP contribution in [0.1, 0.15) is 5.56 Å². The molecule has 2 rings (SSSR count). The quantitative estimate of drug-likeness (QED) is 0.807. The molecule has 96 valence electrons. The maximum Gasteiger partial charge on any atom is 0.252 e. The molecule has 1 aromatic heterocycles. The van der Waals surface area contributed by atoms with E-state index in [1.165, 1.54) is 15.6 Å². The molecule has 1 aliphatic rings. The standard InChI is InChI=1S/C9H12BrNO3S3/c1-7-6-8(15-9(7)10)17(13,14)11-2-4-16(12)5-3-11/h6H,2-5H2,1H3. The van der Waals surface area contributed by atoms with Crippen molar-refractivity contribution in [1.29, 1.82) is 0 Å². The van der Waals surface area contributed by atoms with Gasteiger partial charge in [0.1, 0.15) is 4.21 Å². The monoisotopic (exact) mass is 357 g/mol. The third-order valence-electron chi connectivity index (χ3n) is 2.57. The maximum absolute atomic E-state index is 12.3. The number of sulfonamides is 1. The van der Waals surface area contributed by atoms with Crippen LogP contribution in [0, 0.1) is 6.92 Å². The summed E-state index contributed by atoms with van der Waals surface area (Å²) in [6, 6.07) is 1.68. The largest absolute Gasteiger partial charge is 0.259 e. The minimum absolute atomic E-state index is 0.351. The highest BCUT2D eigenvalue weighted by molar-refractivity contribution is 9.11. The molecule has 17 heavy (non-hydrogen) atoms. The first-order valence-corrected chi connectivity index (χ1v) is 9.56. The molecule has 1 aliphatic heterocycles. The van der Waals surface area contributed by atoms with E-state index in [0.717, 1.165) is 9.35 Å². The van der Waals surface area contributed by atoms with Crippen molar-refractivity contribution < 1.29 is 12.6 Å². The van der Waals surface area contributed by atoms with Crippen molar-refractivity contribution in [2.75, 3.05) is 24.6 Å². The lowest BCUT2D eigenvalue weighted by molar-refractivity contribution is 0.440. The summed E-state index contributed by atoms with van der Waals surface area (Å²) < 4.78 is 38.4. The first kappa shape index (κ1) is 13.7. The molecule has 8 heteroatoms. The van der Waals surface area contributed by atoms with Crippen molar-refractivity contribution in [3.05, 3.63) is 15.4 Å². The second-order valence-corrected chi connectivity index (χ2v) is 10.0. The minimum atomic E-state index is -3.40. The second kappa shape index (κ2) is 5.08. The molecule has 1 saturated heterocycles. The van der Waals surface area contributed by atoms with Gasteiger partial charge in [-0.1, -0.05) is 0 Å². The summed E-state index contributed by atoms with van der Waals surface area (Å²) in [5.41, 5.74) is 0.925. The Morgan fingerprint density at radius 1 is 1.41 bits per heavy atom. The van der Waals surface area contributed by atoms with Crippen LogP contribution in [-0.4, -0.2) is 41.5 Å². The van der Waals surface area contributed by atoms with Crippen LogP contribution < -0.4 is 0 Å². The summed E-state index contributed by atoms with van der Waals surface area (Å²) in [5.74, 6) is 0.871. The van der Waals surface area contributed by atoms with Gasteiger partial charge >= 0.3 is 0 Å². The van der Waals surface area contributed by atoms with E-state index in [1.54, 1.807) is 6.07 Å². The number of hydrogen-bond donors (Lipinski definition) is 0. The number of rotatable bonds is 2. The van der Waals surface area contributed by atoms with Gasteiger partial charge in [0.15, 0.2) is 0 Å². The Labute approximate surface area is 116 Å². The molecule has 1 aromatic rings. The predicted octanol–water partition coefficient (Wildman–Crippen LogP) is 1.57. The number of nitrogens with zero attached hydrogens (tertiary/aromatic N) is 1. The first-order chi connectivity index (χ1) is 7.91. The van der Waals surface area contributed by atoms with Crippen molar-refractivity contribution in [3.63, 3.8) is 0 Å².